The smallest absolute Gasteiger partial charge is 0.138 e. The van der Waals surface area contributed by atoms with Crippen LogP contribution in [0.1, 0.15) is 28.2 Å². The zero-order valence-electron chi connectivity index (χ0n) is 17.3. The van der Waals surface area contributed by atoms with Gasteiger partial charge in [-0.3, -0.25) is 5.10 Å². The monoisotopic (exact) mass is 395 g/mol. The Morgan fingerprint density at radius 3 is 2.50 bits per heavy atom. The largest absolute Gasteiger partial charge is 0.371 e. The molecule has 2 N–H and O–H groups in total. The Bertz CT molecular complexity index is 1180. The van der Waals surface area contributed by atoms with Crippen molar-refractivity contribution in [3.05, 3.63) is 89.1 Å². The molecule has 5 heteroatoms. The molecule has 150 valence electrons. The molecule has 1 aliphatic rings. The van der Waals surface area contributed by atoms with Crippen molar-refractivity contribution in [1.29, 1.82) is 0 Å². The molecule has 0 aliphatic carbocycles. The lowest BCUT2D eigenvalue weighted by Crippen LogP contribution is -2.22. The van der Waals surface area contributed by atoms with E-state index in [2.05, 4.69) is 88.7 Å². The van der Waals surface area contributed by atoms with Crippen LogP contribution in [0.3, 0.4) is 0 Å². The van der Waals surface area contributed by atoms with Crippen LogP contribution in [0.5, 0.6) is 0 Å². The van der Waals surface area contributed by atoms with E-state index in [0.717, 1.165) is 48.0 Å². The predicted octanol–water partition coefficient (Wildman–Crippen LogP) is 5.11. The minimum atomic E-state index is 0.841. The van der Waals surface area contributed by atoms with Crippen LogP contribution in [0.25, 0.3) is 28.6 Å². The third-order valence-electron chi connectivity index (χ3n) is 5.84. The molecule has 5 rings (SSSR count). The number of hydrogen-bond acceptors (Lipinski definition) is 3. The Kier molecular flexibility index (Phi) is 4.71. The summed E-state index contributed by atoms with van der Waals surface area (Å²) in [4.78, 5) is 10.6. The normalized spacial score (nSPS) is 12.9. The van der Waals surface area contributed by atoms with Gasteiger partial charge in [0.05, 0.1) is 17.9 Å². The number of benzene rings is 2. The lowest BCUT2D eigenvalue weighted by molar-refractivity contribution is 0.365. The summed E-state index contributed by atoms with van der Waals surface area (Å²) >= 11 is 0. The van der Waals surface area contributed by atoms with Gasteiger partial charge in [-0.15, -0.1) is 0 Å². The fourth-order valence-corrected chi connectivity index (χ4v) is 3.83. The van der Waals surface area contributed by atoms with Crippen molar-refractivity contribution in [3.8, 4) is 22.5 Å². The zero-order valence-corrected chi connectivity index (χ0v) is 17.3. The number of nitrogens with zero attached hydrogens (tertiary/aromatic N) is 3. The molecule has 0 bridgehead atoms. The average Bonchev–Trinajstić information content (AvgIpc) is 3.44. The Morgan fingerprint density at radius 2 is 1.73 bits per heavy atom. The SMILES string of the molecule is Cc1ccc(-c2ccc(-c3nc4c([nH]3)CN(CCc3ccn[nH]3)C=C4)cc2)cc1C. The second-order valence-electron chi connectivity index (χ2n) is 7.94. The summed E-state index contributed by atoms with van der Waals surface area (Å²) in [6, 6.07) is 17.3. The summed E-state index contributed by atoms with van der Waals surface area (Å²) in [7, 11) is 0. The van der Waals surface area contributed by atoms with Crippen molar-refractivity contribution in [2.75, 3.05) is 6.54 Å². The first-order valence-electron chi connectivity index (χ1n) is 10.3. The van der Waals surface area contributed by atoms with E-state index in [1.54, 1.807) is 6.20 Å². The van der Waals surface area contributed by atoms with Gasteiger partial charge in [-0.25, -0.2) is 4.98 Å². The van der Waals surface area contributed by atoms with Crippen molar-refractivity contribution >= 4 is 6.08 Å². The number of nitrogens with one attached hydrogen (secondary N) is 2. The second-order valence-corrected chi connectivity index (χ2v) is 7.94. The third-order valence-corrected chi connectivity index (χ3v) is 5.84. The molecular formula is C25H25N5. The quantitative estimate of drug-likeness (QED) is 0.493. The summed E-state index contributed by atoms with van der Waals surface area (Å²) in [6.07, 6.45) is 6.97. The van der Waals surface area contributed by atoms with Gasteiger partial charge < -0.3 is 9.88 Å². The Morgan fingerprint density at radius 1 is 0.933 bits per heavy atom. The van der Waals surface area contributed by atoms with E-state index in [9.17, 15) is 0 Å². The van der Waals surface area contributed by atoms with Gasteiger partial charge in [0.2, 0.25) is 0 Å². The van der Waals surface area contributed by atoms with Crippen LogP contribution in [-0.4, -0.2) is 31.6 Å². The lowest BCUT2D eigenvalue weighted by Gasteiger charge is -2.22. The molecule has 2 aromatic heterocycles. The van der Waals surface area contributed by atoms with Gasteiger partial charge in [-0.2, -0.15) is 5.10 Å². The maximum Gasteiger partial charge on any atom is 0.138 e. The van der Waals surface area contributed by atoms with Crippen molar-refractivity contribution in [1.82, 2.24) is 25.1 Å². The Labute approximate surface area is 176 Å². The molecular weight excluding hydrogens is 370 g/mol. The Balaban J connectivity index is 1.30. The van der Waals surface area contributed by atoms with Gasteiger partial charge >= 0.3 is 0 Å². The van der Waals surface area contributed by atoms with Crippen molar-refractivity contribution in [2.45, 2.75) is 26.8 Å². The molecule has 0 amide bonds. The van der Waals surface area contributed by atoms with Crippen LogP contribution in [0, 0.1) is 13.8 Å². The molecule has 0 saturated carbocycles. The van der Waals surface area contributed by atoms with Gasteiger partial charge in [0, 0.05) is 36.6 Å². The minimum absolute atomic E-state index is 0.841. The number of hydrogen-bond donors (Lipinski definition) is 2. The predicted molar refractivity (Wildman–Crippen MR) is 121 cm³/mol. The highest BCUT2D eigenvalue weighted by molar-refractivity contribution is 5.69. The molecule has 2 aromatic carbocycles. The first-order valence-corrected chi connectivity index (χ1v) is 10.3. The molecule has 0 spiro atoms. The molecule has 0 saturated heterocycles. The van der Waals surface area contributed by atoms with E-state index in [0.29, 0.717) is 0 Å². The fourth-order valence-electron chi connectivity index (χ4n) is 3.83. The summed E-state index contributed by atoms with van der Waals surface area (Å²) in [5.41, 5.74) is 9.57. The Hall–Kier alpha value is -3.60. The van der Waals surface area contributed by atoms with Gasteiger partial charge in [-0.05, 0) is 48.2 Å². The van der Waals surface area contributed by atoms with Crippen molar-refractivity contribution in [3.63, 3.8) is 0 Å². The van der Waals surface area contributed by atoms with Gasteiger partial charge in [0.1, 0.15) is 5.82 Å². The lowest BCUT2D eigenvalue weighted by atomic mass is 9.99. The molecule has 30 heavy (non-hydrogen) atoms. The zero-order chi connectivity index (χ0) is 20.5. The number of aromatic amines is 2. The minimum Gasteiger partial charge on any atom is -0.371 e. The van der Waals surface area contributed by atoms with Gasteiger partial charge in [0.25, 0.3) is 0 Å². The fraction of sp³-hybridized carbons (Fsp3) is 0.200. The highest BCUT2D eigenvalue weighted by Gasteiger charge is 2.16. The first kappa shape index (κ1) is 18.4. The van der Waals surface area contributed by atoms with Gasteiger partial charge in [-0.1, -0.05) is 42.5 Å². The van der Waals surface area contributed by atoms with E-state index in [1.165, 1.54) is 22.3 Å². The second kappa shape index (κ2) is 7.67. The van der Waals surface area contributed by atoms with Crippen LogP contribution in [-0.2, 0) is 13.0 Å². The standard InChI is InChI=1S/C25H25N5/c1-17-3-4-21(15-18(17)2)19-5-7-20(8-6-19)25-27-23-11-14-30(16-24(23)28-25)13-10-22-9-12-26-29-22/h3-9,11-12,14-15H,10,13,16H2,1-2H3,(H,26,29)(H,27,28). The number of rotatable bonds is 5. The maximum absolute atomic E-state index is 4.81. The molecule has 0 fully saturated rings. The highest BCUT2D eigenvalue weighted by Crippen LogP contribution is 2.27. The van der Waals surface area contributed by atoms with Gasteiger partial charge in [0.15, 0.2) is 0 Å². The van der Waals surface area contributed by atoms with Crippen LogP contribution < -0.4 is 0 Å². The number of aromatic nitrogens is 4. The summed E-state index contributed by atoms with van der Waals surface area (Å²) in [6.45, 7) is 6.09. The molecule has 1 aliphatic heterocycles. The molecule has 4 aromatic rings. The van der Waals surface area contributed by atoms with E-state index >= 15 is 0 Å². The average molecular weight is 396 g/mol. The summed E-state index contributed by atoms with van der Waals surface area (Å²) < 4.78 is 0. The van der Waals surface area contributed by atoms with Crippen molar-refractivity contribution < 1.29 is 0 Å². The van der Waals surface area contributed by atoms with Crippen LogP contribution in [0.4, 0.5) is 0 Å². The van der Waals surface area contributed by atoms with Crippen LogP contribution in [0.2, 0.25) is 0 Å². The number of aryl methyl sites for hydroxylation is 2. The molecule has 0 radical (unpaired) electrons. The number of fused-ring (bicyclic) bond motifs is 1. The number of H-pyrrole nitrogens is 2. The van der Waals surface area contributed by atoms with Crippen LogP contribution >= 0.6 is 0 Å². The molecule has 3 heterocycles. The van der Waals surface area contributed by atoms with E-state index in [-0.39, 0.29) is 0 Å². The number of imidazole rings is 1. The van der Waals surface area contributed by atoms with Crippen LogP contribution in [0.15, 0.2) is 60.9 Å². The first-order chi connectivity index (χ1) is 14.7. The summed E-state index contributed by atoms with van der Waals surface area (Å²) in [5.74, 6) is 0.923. The van der Waals surface area contributed by atoms with E-state index in [1.807, 2.05) is 6.07 Å². The maximum atomic E-state index is 4.81. The molecule has 0 unspecified atom stereocenters. The topological polar surface area (TPSA) is 60.6 Å². The highest BCUT2D eigenvalue weighted by atomic mass is 15.1. The van der Waals surface area contributed by atoms with Crippen molar-refractivity contribution in [2.24, 2.45) is 0 Å². The molecule has 0 atom stereocenters. The molecule has 5 nitrogen and oxygen atoms in total. The van der Waals surface area contributed by atoms with E-state index < -0.39 is 0 Å². The van der Waals surface area contributed by atoms with E-state index in [4.69, 9.17) is 4.98 Å². The third kappa shape index (κ3) is 3.66. The summed E-state index contributed by atoms with van der Waals surface area (Å²) in [5, 5.41) is 7.04.